The Labute approximate surface area is 172 Å². The van der Waals surface area contributed by atoms with Gasteiger partial charge in [0.2, 0.25) is 5.91 Å². The lowest BCUT2D eigenvalue weighted by Gasteiger charge is -2.54. The molecule has 1 heterocycles. The van der Waals surface area contributed by atoms with Crippen LogP contribution in [0.25, 0.3) is 0 Å². The van der Waals surface area contributed by atoms with Crippen LogP contribution in [0.3, 0.4) is 0 Å². The molecule has 0 spiro atoms. The SMILES string of the molecule is CCC1CC2(C(=O)NCc3ccncc3)CCCC(c3ccc(Cl)cc3)(C1)C2. The van der Waals surface area contributed by atoms with Gasteiger partial charge in [0.15, 0.2) is 0 Å². The Kier molecular flexibility index (Phi) is 5.46. The fourth-order valence-corrected chi connectivity index (χ4v) is 5.85. The first kappa shape index (κ1) is 19.4. The standard InChI is InChI=1S/C24H29ClN2O/c1-2-18-14-23(20-4-6-21(25)7-5-20)10-3-11-24(15-18,17-23)22(28)27-16-19-8-12-26-13-9-19/h4-9,12-13,18H,2-3,10-11,14-17H2,1H3,(H,27,28). The van der Waals surface area contributed by atoms with Gasteiger partial charge in [-0.1, -0.05) is 43.5 Å². The van der Waals surface area contributed by atoms with Gasteiger partial charge < -0.3 is 5.32 Å². The molecule has 2 aromatic rings. The molecule has 1 aromatic carbocycles. The van der Waals surface area contributed by atoms with E-state index in [-0.39, 0.29) is 16.7 Å². The zero-order valence-corrected chi connectivity index (χ0v) is 17.3. The number of nitrogens with zero attached hydrogens (tertiary/aromatic N) is 1. The number of benzene rings is 1. The summed E-state index contributed by atoms with van der Waals surface area (Å²) in [5.74, 6) is 0.830. The molecular weight excluding hydrogens is 368 g/mol. The van der Waals surface area contributed by atoms with Gasteiger partial charge in [-0.2, -0.15) is 0 Å². The quantitative estimate of drug-likeness (QED) is 0.707. The Balaban J connectivity index is 1.60. The largest absolute Gasteiger partial charge is 0.352 e. The molecule has 4 heteroatoms. The van der Waals surface area contributed by atoms with Crippen LogP contribution < -0.4 is 5.32 Å². The van der Waals surface area contributed by atoms with Crippen LogP contribution in [0.5, 0.6) is 0 Å². The van der Waals surface area contributed by atoms with Crippen molar-refractivity contribution < 1.29 is 4.79 Å². The van der Waals surface area contributed by atoms with Crippen LogP contribution in [0.1, 0.15) is 63.0 Å². The van der Waals surface area contributed by atoms with Gasteiger partial charge in [-0.25, -0.2) is 0 Å². The third-order valence-corrected chi connectivity index (χ3v) is 7.32. The van der Waals surface area contributed by atoms with Gasteiger partial charge in [-0.05, 0) is 78.8 Å². The lowest BCUT2D eigenvalue weighted by molar-refractivity contribution is -0.139. The summed E-state index contributed by atoms with van der Waals surface area (Å²) in [7, 11) is 0. The van der Waals surface area contributed by atoms with E-state index in [4.69, 9.17) is 11.6 Å². The second-order valence-corrected chi connectivity index (χ2v) is 9.25. The fourth-order valence-electron chi connectivity index (χ4n) is 5.73. The van der Waals surface area contributed by atoms with Crippen LogP contribution in [0.2, 0.25) is 5.02 Å². The summed E-state index contributed by atoms with van der Waals surface area (Å²) < 4.78 is 0. The Hall–Kier alpha value is -1.87. The van der Waals surface area contributed by atoms with E-state index in [0.717, 1.165) is 42.7 Å². The summed E-state index contributed by atoms with van der Waals surface area (Å²) in [6.45, 7) is 2.84. The van der Waals surface area contributed by atoms with Crippen molar-refractivity contribution in [1.29, 1.82) is 0 Å². The molecule has 3 nitrogen and oxygen atoms in total. The molecule has 28 heavy (non-hydrogen) atoms. The smallest absolute Gasteiger partial charge is 0.226 e. The fraction of sp³-hybridized carbons (Fsp3) is 0.500. The van der Waals surface area contributed by atoms with E-state index >= 15 is 0 Å². The Morgan fingerprint density at radius 3 is 2.61 bits per heavy atom. The zero-order chi connectivity index (χ0) is 19.6. The highest BCUT2D eigenvalue weighted by Gasteiger charge is 2.54. The summed E-state index contributed by atoms with van der Waals surface area (Å²) in [6.07, 6.45) is 11.1. The molecule has 0 radical (unpaired) electrons. The molecule has 3 atom stereocenters. The Bertz CT molecular complexity index is 822. The molecule has 1 amide bonds. The van der Waals surface area contributed by atoms with Gasteiger partial charge in [0.25, 0.3) is 0 Å². The van der Waals surface area contributed by atoms with E-state index in [1.165, 1.54) is 18.4 Å². The van der Waals surface area contributed by atoms with Crippen LogP contribution in [0, 0.1) is 11.3 Å². The molecule has 2 bridgehead atoms. The molecule has 1 N–H and O–H groups in total. The minimum absolute atomic E-state index is 0.107. The van der Waals surface area contributed by atoms with Crippen molar-refractivity contribution in [2.24, 2.45) is 11.3 Å². The number of amides is 1. The molecule has 3 unspecified atom stereocenters. The third-order valence-electron chi connectivity index (χ3n) is 7.06. The third kappa shape index (κ3) is 3.69. The van der Waals surface area contributed by atoms with Crippen molar-refractivity contribution in [2.45, 2.75) is 63.8 Å². The molecule has 2 fully saturated rings. The monoisotopic (exact) mass is 396 g/mol. The number of pyridine rings is 1. The van der Waals surface area contributed by atoms with Gasteiger partial charge in [0.1, 0.15) is 0 Å². The molecule has 4 rings (SSSR count). The lowest BCUT2D eigenvalue weighted by Crippen LogP contribution is -2.53. The lowest BCUT2D eigenvalue weighted by atomic mass is 9.50. The van der Waals surface area contributed by atoms with Crippen molar-refractivity contribution in [3.63, 3.8) is 0 Å². The number of rotatable bonds is 5. The Morgan fingerprint density at radius 1 is 1.14 bits per heavy atom. The topological polar surface area (TPSA) is 42.0 Å². The van der Waals surface area contributed by atoms with Gasteiger partial charge in [-0.3, -0.25) is 9.78 Å². The van der Waals surface area contributed by atoms with Gasteiger partial charge in [-0.15, -0.1) is 0 Å². The normalized spacial score (nSPS) is 29.3. The zero-order valence-electron chi connectivity index (χ0n) is 16.6. The number of hydrogen-bond donors (Lipinski definition) is 1. The predicted octanol–water partition coefficient (Wildman–Crippen LogP) is 5.67. The molecule has 1 aromatic heterocycles. The van der Waals surface area contributed by atoms with E-state index in [0.29, 0.717) is 12.5 Å². The van der Waals surface area contributed by atoms with Gasteiger partial charge in [0, 0.05) is 24.0 Å². The van der Waals surface area contributed by atoms with Crippen LogP contribution in [-0.2, 0) is 16.8 Å². The molecule has 0 aliphatic heterocycles. The average molecular weight is 397 g/mol. The maximum atomic E-state index is 13.4. The molecule has 148 valence electrons. The molecular formula is C24H29ClN2O. The van der Waals surface area contributed by atoms with Crippen molar-refractivity contribution in [2.75, 3.05) is 0 Å². The molecule has 2 saturated carbocycles. The highest BCUT2D eigenvalue weighted by Crippen LogP contribution is 2.59. The summed E-state index contributed by atoms with van der Waals surface area (Å²) in [4.78, 5) is 17.5. The molecule has 2 aliphatic carbocycles. The number of nitrogens with one attached hydrogen (secondary N) is 1. The summed E-state index contributed by atoms with van der Waals surface area (Å²) in [6, 6.07) is 12.3. The van der Waals surface area contributed by atoms with Crippen molar-refractivity contribution in [3.05, 3.63) is 64.9 Å². The van der Waals surface area contributed by atoms with Gasteiger partial charge >= 0.3 is 0 Å². The van der Waals surface area contributed by atoms with E-state index in [9.17, 15) is 4.79 Å². The van der Waals surface area contributed by atoms with Crippen LogP contribution >= 0.6 is 11.6 Å². The number of fused-ring (bicyclic) bond motifs is 2. The molecule has 0 saturated heterocycles. The minimum Gasteiger partial charge on any atom is -0.352 e. The number of carbonyl (C=O) groups is 1. The first-order valence-corrected chi connectivity index (χ1v) is 10.9. The van der Waals surface area contributed by atoms with E-state index in [2.05, 4.69) is 29.4 Å². The second-order valence-electron chi connectivity index (χ2n) is 8.82. The predicted molar refractivity (Wildman–Crippen MR) is 113 cm³/mol. The number of carbonyl (C=O) groups excluding carboxylic acids is 1. The summed E-state index contributed by atoms with van der Waals surface area (Å²) >= 11 is 6.15. The second kappa shape index (κ2) is 7.87. The Morgan fingerprint density at radius 2 is 1.89 bits per heavy atom. The maximum absolute atomic E-state index is 13.4. The highest BCUT2D eigenvalue weighted by molar-refractivity contribution is 6.30. The van der Waals surface area contributed by atoms with Gasteiger partial charge in [0.05, 0.1) is 5.41 Å². The van der Waals surface area contributed by atoms with E-state index < -0.39 is 0 Å². The number of aromatic nitrogens is 1. The van der Waals surface area contributed by atoms with Crippen molar-refractivity contribution in [1.82, 2.24) is 10.3 Å². The van der Waals surface area contributed by atoms with Crippen LogP contribution in [-0.4, -0.2) is 10.9 Å². The highest BCUT2D eigenvalue weighted by atomic mass is 35.5. The minimum atomic E-state index is -0.246. The number of hydrogen-bond acceptors (Lipinski definition) is 2. The molecule has 2 aliphatic rings. The van der Waals surface area contributed by atoms with Crippen molar-refractivity contribution in [3.8, 4) is 0 Å². The first-order chi connectivity index (χ1) is 13.6. The summed E-state index contributed by atoms with van der Waals surface area (Å²) in [5.41, 5.74) is 2.32. The van der Waals surface area contributed by atoms with Crippen LogP contribution in [0.4, 0.5) is 0 Å². The first-order valence-electron chi connectivity index (χ1n) is 10.5. The van der Waals surface area contributed by atoms with Crippen LogP contribution in [0.15, 0.2) is 48.8 Å². The maximum Gasteiger partial charge on any atom is 0.226 e. The van der Waals surface area contributed by atoms with E-state index in [1.54, 1.807) is 12.4 Å². The van der Waals surface area contributed by atoms with Crippen molar-refractivity contribution >= 4 is 17.5 Å². The number of halogens is 1. The van der Waals surface area contributed by atoms with E-state index in [1.807, 2.05) is 24.3 Å². The average Bonchev–Trinajstić information content (AvgIpc) is 2.72. The summed E-state index contributed by atoms with van der Waals surface area (Å²) in [5, 5.41) is 4.03.